The molecule has 0 atom stereocenters. The second kappa shape index (κ2) is 8.19. The van der Waals surface area contributed by atoms with Crippen molar-refractivity contribution in [1.82, 2.24) is 5.32 Å². The van der Waals surface area contributed by atoms with Crippen molar-refractivity contribution in [3.8, 4) is 0 Å². The van der Waals surface area contributed by atoms with Gasteiger partial charge in [0.05, 0.1) is 0 Å². The van der Waals surface area contributed by atoms with Crippen molar-refractivity contribution >= 4 is 17.7 Å². The van der Waals surface area contributed by atoms with E-state index in [9.17, 15) is 9.59 Å². The van der Waals surface area contributed by atoms with Gasteiger partial charge < -0.3 is 15.7 Å². The van der Waals surface area contributed by atoms with E-state index in [0.717, 1.165) is 29.7 Å². The second-order valence-corrected chi connectivity index (χ2v) is 4.83. The lowest BCUT2D eigenvalue weighted by Gasteiger charge is -2.11. The van der Waals surface area contributed by atoms with E-state index in [4.69, 9.17) is 5.11 Å². The SMILES string of the molecule is Cc1cccc(NC(=O)NCCCCCC(=O)O)c1C. The number of hydrogen-bond acceptors (Lipinski definition) is 2. The standard InChI is InChI=1S/C15H22N2O3/c1-11-7-6-8-13(12(11)2)17-15(20)16-10-5-3-4-9-14(18)19/h6-8H,3-5,9-10H2,1-2H3,(H,18,19)(H2,16,17,20). The number of carbonyl (C=O) groups is 2. The van der Waals surface area contributed by atoms with Gasteiger partial charge in [0, 0.05) is 18.7 Å². The Balaban J connectivity index is 2.24. The lowest BCUT2D eigenvalue weighted by molar-refractivity contribution is -0.137. The van der Waals surface area contributed by atoms with E-state index in [1.54, 1.807) is 0 Å². The number of hydrogen-bond donors (Lipinski definition) is 3. The van der Waals surface area contributed by atoms with Crippen LogP contribution in [0.3, 0.4) is 0 Å². The van der Waals surface area contributed by atoms with Gasteiger partial charge in [0.25, 0.3) is 0 Å². The van der Waals surface area contributed by atoms with Crippen molar-refractivity contribution in [2.24, 2.45) is 0 Å². The molecule has 1 aromatic carbocycles. The third-order valence-electron chi connectivity index (χ3n) is 3.21. The van der Waals surface area contributed by atoms with Crippen LogP contribution in [0.25, 0.3) is 0 Å². The van der Waals surface area contributed by atoms with Crippen molar-refractivity contribution in [2.75, 3.05) is 11.9 Å². The van der Waals surface area contributed by atoms with Crippen LogP contribution in [0.4, 0.5) is 10.5 Å². The van der Waals surface area contributed by atoms with Crippen LogP contribution >= 0.6 is 0 Å². The topological polar surface area (TPSA) is 78.4 Å². The number of aliphatic carboxylic acids is 1. The summed E-state index contributed by atoms with van der Waals surface area (Å²) in [6.45, 7) is 4.52. The summed E-state index contributed by atoms with van der Waals surface area (Å²) in [5, 5.41) is 14.1. The van der Waals surface area contributed by atoms with Crippen molar-refractivity contribution in [2.45, 2.75) is 39.5 Å². The second-order valence-electron chi connectivity index (χ2n) is 4.83. The van der Waals surface area contributed by atoms with Crippen molar-refractivity contribution in [1.29, 1.82) is 0 Å². The molecule has 0 bridgehead atoms. The summed E-state index contributed by atoms with van der Waals surface area (Å²) in [6, 6.07) is 5.55. The molecule has 0 saturated carbocycles. The van der Waals surface area contributed by atoms with Crippen LogP contribution in [0.5, 0.6) is 0 Å². The number of urea groups is 1. The number of benzene rings is 1. The molecule has 0 aliphatic carbocycles. The zero-order valence-electron chi connectivity index (χ0n) is 12.0. The minimum absolute atomic E-state index is 0.189. The van der Waals surface area contributed by atoms with Crippen molar-refractivity contribution in [3.05, 3.63) is 29.3 Å². The molecule has 110 valence electrons. The molecule has 0 fully saturated rings. The molecule has 0 radical (unpaired) electrons. The molecule has 3 N–H and O–H groups in total. The molecule has 0 saturated heterocycles. The van der Waals surface area contributed by atoms with Gasteiger partial charge in [0.1, 0.15) is 0 Å². The fourth-order valence-corrected chi connectivity index (χ4v) is 1.83. The zero-order valence-corrected chi connectivity index (χ0v) is 12.0. The highest BCUT2D eigenvalue weighted by Crippen LogP contribution is 2.17. The van der Waals surface area contributed by atoms with Gasteiger partial charge in [0.15, 0.2) is 0 Å². The van der Waals surface area contributed by atoms with Gasteiger partial charge in [0.2, 0.25) is 0 Å². The van der Waals surface area contributed by atoms with Gasteiger partial charge >= 0.3 is 12.0 Å². The predicted molar refractivity (Wildman–Crippen MR) is 79.0 cm³/mol. The average molecular weight is 278 g/mol. The number of anilines is 1. The molecule has 0 aliphatic rings. The first-order valence-electron chi connectivity index (χ1n) is 6.83. The predicted octanol–water partition coefficient (Wildman–Crippen LogP) is 3.07. The van der Waals surface area contributed by atoms with Crippen LogP contribution in [0.15, 0.2) is 18.2 Å². The Morgan fingerprint density at radius 2 is 1.90 bits per heavy atom. The summed E-state index contributed by atoms with van der Waals surface area (Å²) in [7, 11) is 0. The summed E-state index contributed by atoms with van der Waals surface area (Å²) < 4.78 is 0. The van der Waals surface area contributed by atoms with Crippen LogP contribution in [0.2, 0.25) is 0 Å². The molecule has 0 heterocycles. The smallest absolute Gasteiger partial charge is 0.319 e. The molecule has 2 amide bonds. The number of rotatable bonds is 7. The van der Waals surface area contributed by atoms with Crippen LogP contribution in [0.1, 0.15) is 36.8 Å². The molecule has 5 nitrogen and oxygen atoms in total. The zero-order chi connectivity index (χ0) is 15.0. The molecule has 1 rings (SSSR count). The summed E-state index contributed by atoms with van der Waals surface area (Å²) in [4.78, 5) is 22.0. The average Bonchev–Trinajstić information content (AvgIpc) is 2.39. The van der Waals surface area contributed by atoms with Crippen LogP contribution in [-0.4, -0.2) is 23.7 Å². The van der Waals surface area contributed by atoms with Gasteiger partial charge in [-0.15, -0.1) is 0 Å². The third-order valence-corrected chi connectivity index (χ3v) is 3.21. The van der Waals surface area contributed by atoms with E-state index in [-0.39, 0.29) is 12.5 Å². The maximum atomic E-state index is 11.7. The number of nitrogens with one attached hydrogen (secondary N) is 2. The summed E-state index contributed by atoms with van der Waals surface area (Å²) >= 11 is 0. The molecule has 0 aromatic heterocycles. The minimum atomic E-state index is -0.773. The first kappa shape index (κ1) is 16.0. The summed E-state index contributed by atoms with van der Waals surface area (Å²) in [5.74, 6) is -0.773. The van der Waals surface area contributed by atoms with E-state index in [2.05, 4.69) is 10.6 Å². The van der Waals surface area contributed by atoms with Gasteiger partial charge in [-0.25, -0.2) is 4.79 Å². The molecular weight excluding hydrogens is 256 g/mol. The van der Waals surface area contributed by atoms with E-state index in [1.807, 2.05) is 32.0 Å². The van der Waals surface area contributed by atoms with Crippen LogP contribution in [0, 0.1) is 13.8 Å². The number of carbonyl (C=O) groups excluding carboxylic acids is 1. The Kier molecular flexibility index (Phi) is 6.56. The highest BCUT2D eigenvalue weighted by molar-refractivity contribution is 5.90. The van der Waals surface area contributed by atoms with Crippen LogP contribution < -0.4 is 10.6 Å². The monoisotopic (exact) mass is 278 g/mol. The first-order chi connectivity index (χ1) is 9.50. The highest BCUT2D eigenvalue weighted by Gasteiger charge is 2.05. The normalized spacial score (nSPS) is 10.1. The number of carboxylic acid groups (broad SMARTS) is 1. The van der Waals surface area contributed by atoms with Crippen LogP contribution in [-0.2, 0) is 4.79 Å². The molecule has 0 unspecified atom stereocenters. The fraction of sp³-hybridized carbons (Fsp3) is 0.467. The Hall–Kier alpha value is -2.04. The quantitative estimate of drug-likeness (QED) is 0.671. The van der Waals surface area contributed by atoms with Gasteiger partial charge in [-0.3, -0.25) is 4.79 Å². The van der Waals surface area contributed by atoms with Gasteiger partial charge in [-0.05, 0) is 43.9 Å². The Morgan fingerprint density at radius 3 is 2.60 bits per heavy atom. The molecule has 20 heavy (non-hydrogen) atoms. The lowest BCUT2D eigenvalue weighted by atomic mass is 10.1. The Labute approximate surface area is 119 Å². The lowest BCUT2D eigenvalue weighted by Crippen LogP contribution is -2.29. The van der Waals surface area contributed by atoms with E-state index in [0.29, 0.717) is 13.0 Å². The van der Waals surface area contributed by atoms with Gasteiger partial charge in [-0.1, -0.05) is 18.6 Å². The molecule has 0 spiro atoms. The highest BCUT2D eigenvalue weighted by atomic mass is 16.4. The van der Waals surface area contributed by atoms with E-state index < -0.39 is 5.97 Å². The molecule has 5 heteroatoms. The molecule has 1 aromatic rings. The largest absolute Gasteiger partial charge is 0.481 e. The van der Waals surface area contributed by atoms with Crippen molar-refractivity contribution in [3.63, 3.8) is 0 Å². The number of amides is 2. The maximum Gasteiger partial charge on any atom is 0.319 e. The first-order valence-corrected chi connectivity index (χ1v) is 6.83. The number of aryl methyl sites for hydroxylation is 1. The maximum absolute atomic E-state index is 11.7. The minimum Gasteiger partial charge on any atom is -0.481 e. The number of unbranched alkanes of at least 4 members (excludes halogenated alkanes) is 2. The molecule has 0 aliphatic heterocycles. The van der Waals surface area contributed by atoms with E-state index >= 15 is 0 Å². The molecular formula is C15H22N2O3. The third kappa shape index (κ3) is 5.73. The van der Waals surface area contributed by atoms with Crippen molar-refractivity contribution < 1.29 is 14.7 Å². The van der Waals surface area contributed by atoms with Gasteiger partial charge in [-0.2, -0.15) is 0 Å². The van der Waals surface area contributed by atoms with E-state index in [1.165, 1.54) is 0 Å². The fourth-order valence-electron chi connectivity index (χ4n) is 1.83. The summed E-state index contributed by atoms with van der Waals surface area (Å²) in [6.07, 6.45) is 2.42. The summed E-state index contributed by atoms with van der Waals surface area (Å²) in [5.41, 5.74) is 3.01. The number of carboxylic acids is 1. The Morgan fingerprint density at radius 1 is 1.15 bits per heavy atom. The Bertz CT molecular complexity index is 472.